The second kappa shape index (κ2) is 5.67. The van der Waals surface area contributed by atoms with Crippen molar-refractivity contribution in [2.75, 3.05) is 7.11 Å². The molecule has 2 aromatic rings. The third-order valence-corrected chi connectivity index (χ3v) is 2.90. The fourth-order valence-corrected chi connectivity index (χ4v) is 1.91. The zero-order chi connectivity index (χ0) is 13.8. The van der Waals surface area contributed by atoms with Crippen molar-refractivity contribution < 1.29 is 9.84 Å². The van der Waals surface area contributed by atoms with Crippen LogP contribution < -0.4 is 10.3 Å². The number of aromatic nitrogens is 2. The molecule has 0 aliphatic rings. The summed E-state index contributed by atoms with van der Waals surface area (Å²) < 4.78 is 6.63. The van der Waals surface area contributed by atoms with E-state index in [1.165, 1.54) is 4.68 Å². The summed E-state index contributed by atoms with van der Waals surface area (Å²) in [7, 11) is 1.58. The molecule has 0 amide bonds. The van der Waals surface area contributed by atoms with Gasteiger partial charge in [0.15, 0.2) is 0 Å². The van der Waals surface area contributed by atoms with Gasteiger partial charge in [0, 0.05) is 17.7 Å². The summed E-state index contributed by atoms with van der Waals surface area (Å²) in [5.41, 5.74) is 1.48. The van der Waals surface area contributed by atoms with Crippen LogP contribution in [0.5, 0.6) is 5.75 Å². The zero-order valence-corrected chi connectivity index (χ0v) is 11.0. The number of methoxy groups -OCH3 is 1. The molecule has 5 heteroatoms. The molecule has 0 aliphatic heterocycles. The lowest BCUT2D eigenvalue weighted by molar-refractivity contribution is 0.278. The van der Waals surface area contributed by atoms with Crippen LogP contribution in [0.4, 0.5) is 0 Å². The monoisotopic (exact) mass is 260 g/mol. The number of ether oxygens (including phenoxy) is 1. The van der Waals surface area contributed by atoms with Crippen LogP contribution in [0, 0.1) is 0 Å². The Kier molecular flexibility index (Phi) is 3.97. The number of para-hydroxylation sites is 1. The van der Waals surface area contributed by atoms with Gasteiger partial charge in [-0.3, -0.25) is 4.79 Å². The van der Waals surface area contributed by atoms with Crippen LogP contribution >= 0.6 is 0 Å². The molecule has 0 radical (unpaired) electrons. The SMILES string of the molecule is CCn1nc(-c2ccccc2OC)cc(CO)c1=O. The van der Waals surface area contributed by atoms with Gasteiger partial charge in [-0.05, 0) is 25.1 Å². The Morgan fingerprint density at radius 1 is 1.37 bits per heavy atom. The van der Waals surface area contributed by atoms with Crippen molar-refractivity contribution >= 4 is 0 Å². The molecule has 5 nitrogen and oxygen atoms in total. The van der Waals surface area contributed by atoms with Crippen LogP contribution in [-0.2, 0) is 13.2 Å². The molecule has 0 aliphatic carbocycles. The lowest BCUT2D eigenvalue weighted by atomic mass is 10.1. The highest BCUT2D eigenvalue weighted by Crippen LogP contribution is 2.27. The quantitative estimate of drug-likeness (QED) is 0.903. The molecule has 1 aromatic carbocycles. The first kappa shape index (κ1) is 13.3. The molecular weight excluding hydrogens is 244 g/mol. The first-order chi connectivity index (χ1) is 9.21. The summed E-state index contributed by atoms with van der Waals surface area (Å²) >= 11 is 0. The highest BCUT2D eigenvalue weighted by molar-refractivity contribution is 5.67. The normalized spacial score (nSPS) is 10.5. The van der Waals surface area contributed by atoms with Crippen LogP contribution in [0.1, 0.15) is 12.5 Å². The molecule has 0 saturated carbocycles. The van der Waals surface area contributed by atoms with E-state index in [2.05, 4.69) is 5.10 Å². The van der Waals surface area contributed by atoms with Crippen molar-refractivity contribution in [2.45, 2.75) is 20.1 Å². The molecule has 0 spiro atoms. The van der Waals surface area contributed by atoms with E-state index in [4.69, 9.17) is 4.74 Å². The maximum absolute atomic E-state index is 11.9. The number of benzene rings is 1. The molecule has 0 saturated heterocycles. The largest absolute Gasteiger partial charge is 0.496 e. The number of aliphatic hydroxyl groups is 1. The van der Waals surface area contributed by atoms with Crippen LogP contribution in [-0.4, -0.2) is 22.0 Å². The van der Waals surface area contributed by atoms with E-state index < -0.39 is 0 Å². The average molecular weight is 260 g/mol. The number of hydrogen-bond donors (Lipinski definition) is 1. The number of aryl methyl sites for hydroxylation is 1. The molecule has 2 rings (SSSR count). The van der Waals surface area contributed by atoms with Gasteiger partial charge in [0.25, 0.3) is 5.56 Å². The minimum atomic E-state index is -0.302. The Bertz CT molecular complexity index is 607. The topological polar surface area (TPSA) is 64.3 Å². The van der Waals surface area contributed by atoms with Crippen molar-refractivity contribution in [3.8, 4) is 17.0 Å². The summed E-state index contributed by atoms with van der Waals surface area (Å²) in [5, 5.41) is 13.6. The summed E-state index contributed by atoms with van der Waals surface area (Å²) in [6.07, 6.45) is 0. The summed E-state index contributed by atoms with van der Waals surface area (Å²) in [6, 6.07) is 9.04. The molecule has 1 heterocycles. The first-order valence-electron chi connectivity index (χ1n) is 6.06. The van der Waals surface area contributed by atoms with Gasteiger partial charge < -0.3 is 9.84 Å². The second-order valence-corrected chi connectivity index (χ2v) is 4.03. The van der Waals surface area contributed by atoms with E-state index in [0.29, 0.717) is 23.6 Å². The summed E-state index contributed by atoms with van der Waals surface area (Å²) in [5.74, 6) is 0.681. The van der Waals surface area contributed by atoms with E-state index >= 15 is 0 Å². The Hall–Kier alpha value is -2.14. The summed E-state index contributed by atoms with van der Waals surface area (Å²) in [4.78, 5) is 11.9. The van der Waals surface area contributed by atoms with Crippen molar-refractivity contribution in [2.24, 2.45) is 0 Å². The molecular formula is C14H16N2O3. The van der Waals surface area contributed by atoms with Crippen LogP contribution in [0.25, 0.3) is 11.3 Å². The van der Waals surface area contributed by atoms with Gasteiger partial charge in [0.2, 0.25) is 0 Å². The molecule has 0 bridgehead atoms. The van der Waals surface area contributed by atoms with E-state index in [1.54, 1.807) is 13.2 Å². The third kappa shape index (κ3) is 2.51. The lowest BCUT2D eigenvalue weighted by Gasteiger charge is -2.10. The van der Waals surface area contributed by atoms with Gasteiger partial charge in [-0.1, -0.05) is 12.1 Å². The minimum Gasteiger partial charge on any atom is -0.496 e. The number of rotatable bonds is 4. The number of aliphatic hydroxyl groups excluding tert-OH is 1. The van der Waals surface area contributed by atoms with Crippen LogP contribution in [0.2, 0.25) is 0 Å². The predicted molar refractivity (Wildman–Crippen MR) is 72.1 cm³/mol. The molecule has 0 atom stereocenters. The van der Waals surface area contributed by atoms with Gasteiger partial charge in [0.05, 0.1) is 19.4 Å². The van der Waals surface area contributed by atoms with Gasteiger partial charge in [-0.2, -0.15) is 5.10 Å². The number of hydrogen-bond acceptors (Lipinski definition) is 4. The van der Waals surface area contributed by atoms with Gasteiger partial charge >= 0.3 is 0 Å². The fourth-order valence-electron chi connectivity index (χ4n) is 1.91. The van der Waals surface area contributed by atoms with E-state index in [-0.39, 0.29) is 12.2 Å². The average Bonchev–Trinajstić information content (AvgIpc) is 2.47. The van der Waals surface area contributed by atoms with Crippen molar-refractivity contribution in [3.63, 3.8) is 0 Å². The number of nitrogens with zero attached hydrogens (tertiary/aromatic N) is 2. The minimum absolute atomic E-state index is 0.261. The third-order valence-electron chi connectivity index (χ3n) is 2.90. The molecule has 100 valence electrons. The Morgan fingerprint density at radius 2 is 2.11 bits per heavy atom. The van der Waals surface area contributed by atoms with E-state index in [9.17, 15) is 9.90 Å². The molecule has 0 unspecified atom stereocenters. The molecule has 1 N–H and O–H groups in total. The first-order valence-corrected chi connectivity index (χ1v) is 6.06. The van der Waals surface area contributed by atoms with Gasteiger partial charge in [-0.15, -0.1) is 0 Å². The molecule has 0 fully saturated rings. The highest BCUT2D eigenvalue weighted by atomic mass is 16.5. The van der Waals surface area contributed by atoms with Crippen molar-refractivity contribution in [1.82, 2.24) is 9.78 Å². The molecule has 19 heavy (non-hydrogen) atoms. The summed E-state index contributed by atoms with van der Waals surface area (Å²) in [6.45, 7) is 1.99. The van der Waals surface area contributed by atoms with Crippen molar-refractivity contribution in [3.05, 3.63) is 46.2 Å². The Balaban J connectivity index is 2.65. The van der Waals surface area contributed by atoms with E-state index in [0.717, 1.165) is 5.56 Å². The van der Waals surface area contributed by atoms with Crippen molar-refractivity contribution in [1.29, 1.82) is 0 Å². The maximum atomic E-state index is 11.9. The van der Waals surface area contributed by atoms with Gasteiger partial charge in [-0.25, -0.2) is 4.68 Å². The molecule has 1 aromatic heterocycles. The predicted octanol–water partition coefficient (Wildman–Crippen LogP) is 1.43. The second-order valence-electron chi connectivity index (χ2n) is 4.03. The Labute approximate surface area is 111 Å². The fraction of sp³-hybridized carbons (Fsp3) is 0.286. The maximum Gasteiger partial charge on any atom is 0.272 e. The van der Waals surface area contributed by atoms with Crippen LogP contribution in [0.3, 0.4) is 0 Å². The standard InChI is InChI=1S/C14H16N2O3/c1-3-16-14(18)10(9-17)8-12(15-16)11-6-4-5-7-13(11)19-2/h4-8,17H,3,9H2,1-2H3. The smallest absolute Gasteiger partial charge is 0.272 e. The van der Waals surface area contributed by atoms with Crippen LogP contribution in [0.15, 0.2) is 35.1 Å². The van der Waals surface area contributed by atoms with E-state index in [1.807, 2.05) is 31.2 Å². The zero-order valence-electron chi connectivity index (χ0n) is 11.0. The van der Waals surface area contributed by atoms with Gasteiger partial charge in [0.1, 0.15) is 5.75 Å². The Morgan fingerprint density at radius 3 is 2.74 bits per heavy atom. The highest BCUT2D eigenvalue weighted by Gasteiger charge is 2.11. The lowest BCUT2D eigenvalue weighted by Crippen LogP contribution is -2.26.